The number of hydrogen-bond acceptors (Lipinski definition) is 3. The predicted molar refractivity (Wildman–Crippen MR) is 49.7 cm³/mol. The molecule has 1 atom stereocenters. The molecule has 1 fully saturated rings. The van der Waals surface area contributed by atoms with Crippen molar-refractivity contribution in [2.24, 2.45) is 0 Å². The first-order valence-corrected chi connectivity index (χ1v) is 5.13. The summed E-state index contributed by atoms with van der Waals surface area (Å²) in [4.78, 5) is 31.0. The first-order valence-electron chi connectivity index (χ1n) is 4.28. The molecular formula is C8H9NO4P+. The Bertz CT molecular complexity index is 385. The molecule has 0 aromatic rings. The van der Waals surface area contributed by atoms with E-state index in [1.807, 2.05) is 0 Å². The van der Waals surface area contributed by atoms with Crippen molar-refractivity contribution in [3.05, 3.63) is 0 Å². The lowest BCUT2D eigenvalue weighted by Crippen LogP contribution is -2.55. The lowest BCUT2D eigenvalue weighted by atomic mass is 9.91. The number of amides is 1. The Balaban J connectivity index is 2.52. The van der Waals surface area contributed by atoms with Gasteiger partial charge >= 0.3 is 17.6 Å². The fourth-order valence-electron chi connectivity index (χ4n) is 1.91. The van der Waals surface area contributed by atoms with Crippen LogP contribution in [0.1, 0.15) is 19.3 Å². The number of carbonyl (C=O) groups is 2. The topological polar surface area (TPSA) is 77.6 Å². The summed E-state index contributed by atoms with van der Waals surface area (Å²) in [5.74, 6) is -1.28. The number of hydrogen-bond donors (Lipinski definition) is 2. The highest BCUT2D eigenvalue weighted by Gasteiger charge is 2.51. The summed E-state index contributed by atoms with van der Waals surface area (Å²) in [6.07, 6.45) is 1.76. The Morgan fingerprint density at radius 2 is 2.29 bits per heavy atom. The molecule has 2 rings (SSSR count). The number of aliphatic carboxylic acids is 1. The van der Waals surface area contributed by atoms with E-state index >= 15 is 0 Å². The van der Waals surface area contributed by atoms with Crippen molar-refractivity contribution in [2.45, 2.75) is 25.3 Å². The highest BCUT2D eigenvalue weighted by Crippen LogP contribution is 2.25. The third-order valence-electron chi connectivity index (χ3n) is 2.60. The van der Waals surface area contributed by atoms with Crippen LogP contribution in [0.4, 0.5) is 0 Å². The van der Waals surface area contributed by atoms with Crippen LogP contribution in [0.5, 0.6) is 0 Å². The zero-order valence-electron chi connectivity index (χ0n) is 7.30. The average Bonchev–Trinajstić information content (AvgIpc) is 2.15. The number of carboxylic acid groups (broad SMARTS) is 1. The second kappa shape index (κ2) is 3.26. The Hall–Kier alpha value is -1.06. The minimum atomic E-state index is -1.13. The van der Waals surface area contributed by atoms with Gasteiger partial charge in [-0.15, -0.1) is 0 Å². The Morgan fingerprint density at radius 1 is 1.57 bits per heavy atom. The van der Waals surface area contributed by atoms with E-state index in [9.17, 15) is 9.59 Å². The molecule has 2 N–H and O–H groups in total. The van der Waals surface area contributed by atoms with E-state index < -0.39 is 5.97 Å². The van der Waals surface area contributed by atoms with E-state index in [0.29, 0.717) is 18.1 Å². The van der Waals surface area contributed by atoms with Crippen LogP contribution in [-0.2, 0) is 9.59 Å². The van der Waals surface area contributed by atoms with Crippen LogP contribution < -0.4 is 0 Å². The number of carboxylic acids is 1. The van der Waals surface area contributed by atoms with Crippen LogP contribution in [0.2, 0.25) is 0 Å². The van der Waals surface area contributed by atoms with Crippen molar-refractivity contribution in [2.75, 3.05) is 0 Å². The molecule has 0 aliphatic carbocycles. The van der Waals surface area contributed by atoms with Crippen LogP contribution in [0.3, 0.4) is 0 Å². The summed E-state index contributed by atoms with van der Waals surface area (Å²) in [6.45, 7) is 0. The van der Waals surface area contributed by atoms with Gasteiger partial charge < -0.3 is 10.00 Å². The summed E-state index contributed by atoms with van der Waals surface area (Å²) in [5, 5.41) is 9.34. The van der Waals surface area contributed by atoms with Crippen molar-refractivity contribution in [1.29, 1.82) is 0 Å². The van der Waals surface area contributed by atoms with Crippen molar-refractivity contribution < 1.29 is 24.2 Å². The summed E-state index contributed by atoms with van der Waals surface area (Å²) >= 11 is 0. The van der Waals surface area contributed by atoms with Crippen LogP contribution >= 0.6 is 8.43 Å². The lowest BCUT2D eigenvalue weighted by Gasteiger charge is -2.26. The number of β-lactam (4-membered cyclic amide) rings is 1. The fraction of sp³-hybridized carbons (Fsp3) is 0.500. The molecule has 2 aliphatic heterocycles. The third-order valence-corrected chi connectivity index (χ3v) is 3.27. The summed E-state index contributed by atoms with van der Waals surface area (Å²) in [6, 6.07) is 0.0408. The highest BCUT2D eigenvalue weighted by atomic mass is 31.1. The zero-order chi connectivity index (χ0) is 10.3. The van der Waals surface area contributed by atoms with Crippen molar-refractivity contribution in [1.82, 2.24) is 0 Å². The van der Waals surface area contributed by atoms with E-state index in [1.54, 1.807) is 0 Å². The molecule has 0 saturated carbocycles. The molecule has 0 bridgehead atoms. The molecule has 1 saturated heterocycles. The standard InChI is InChI=1S/C8H8NO4P/c10-6-3-4-1-2-5(14-13)7(8(11)12)9(4)6/h4H,1-3H2,(H,11,12)/p+1. The molecule has 0 aromatic heterocycles. The lowest BCUT2D eigenvalue weighted by molar-refractivity contribution is -0.531. The second-order valence-electron chi connectivity index (χ2n) is 3.36. The molecule has 0 aromatic carbocycles. The van der Waals surface area contributed by atoms with Crippen molar-refractivity contribution in [3.63, 3.8) is 0 Å². The summed E-state index contributed by atoms with van der Waals surface area (Å²) < 4.78 is 1.30. The van der Waals surface area contributed by atoms with Gasteiger partial charge in [0.05, 0.1) is 13.7 Å². The van der Waals surface area contributed by atoms with Crippen molar-refractivity contribution in [3.8, 4) is 0 Å². The maximum atomic E-state index is 11.2. The molecular weight excluding hydrogens is 205 g/mol. The Labute approximate surface area is 81.6 Å². The maximum absolute atomic E-state index is 11.2. The Kier molecular flexibility index (Phi) is 2.21. The highest BCUT2D eigenvalue weighted by molar-refractivity contribution is 7.38. The molecule has 74 valence electrons. The van der Waals surface area contributed by atoms with E-state index in [-0.39, 0.29) is 26.1 Å². The average molecular weight is 214 g/mol. The smallest absolute Gasteiger partial charge is 0.402 e. The van der Waals surface area contributed by atoms with Gasteiger partial charge in [0.15, 0.2) is 6.04 Å². The van der Waals surface area contributed by atoms with Crippen LogP contribution in [-0.4, -0.2) is 43.5 Å². The predicted octanol–water partition coefficient (Wildman–Crippen LogP) is -0.357. The number of carbonyl (C=O) groups excluding carboxylic acids is 1. The molecule has 14 heavy (non-hydrogen) atoms. The molecule has 5 nitrogen and oxygen atoms in total. The van der Waals surface area contributed by atoms with Crippen LogP contribution in [0.15, 0.2) is 0 Å². The van der Waals surface area contributed by atoms with Gasteiger partial charge in [0.1, 0.15) is 6.42 Å². The quantitative estimate of drug-likeness (QED) is 0.355. The van der Waals surface area contributed by atoms with Crippen LogP contribution in [0.25, 0.3) is 0 Å². The van der Waals surface area contributed by atoms with E-state index in [4.69, 9.17) is 10.00 Å². The van der Waals surface area contributed by atoms with Gasteiger partial charge in [-0.05, 0) is 6.42 Å². The third kappa shape index (κ3) is 1.21. The fourth-order valence-corrected chi connectivity index (χ4v) is 2.43. The van der Waals surface area contributed by atoms with E-state index in [1.165, 1.54) is 4.58 Å². The molecule has 6 heteroatoms. The summed E-state index contributed by atoms with van der Waals surface area (Å²) in [5.41, 5.74) is -0.0123. The van der Waals surface area contributed by atoms with Gasteiger partial charge in [0.25, 0.3) is 0 Å². The molecule has 1 unspecified atom stereocenters. The molecule has 0 radical (unpaired) electrons. The normalized spacial score (nSPS) is 28.8. The maximum Gasteiger partial charge on any atom is 0.402 e. The zero-order valence-corrected chi connectivity index (χ0v) is 8.20. The van der Waals surface area contributed by atoms with Gasteiger partial charge in [-0.25, -0.2) is 9.59 Å². The molecule has 1 amide bonds. The van der Waals surface area contributed by atoms with Crippen molar-refractivity contribution >= 4 is 31.3 Å². The Morgan fingerprint density at radius 3 is 2.79 bits per heavy atom. The van der Waals surface area contributed by atoms with E-state index in [0.717, 1.165) is 6.42 Å². The SMILES string of the molecule is O=C(O)C1=[N+]2C(=O)CC2CCC1=PO. The minimum absolute atomic E-state index is 0.0123. The van der Waals surface area contributed by atoms with Gasteiger partial charge in [-0.2, -0.15) is 4.58 Å². The molecule has 2 heterocycles. The summed E-state index contributed by atoms with van der Waals surface area (Å²) in [7, 11) is -0.0435. The van der Waals surface area contributed by atoms with Gasteiger partial charge in [-0.1, -0.05) is 0 Å². The molecule has 2 aliphatic rings. The van der Waals surface area contributed by atoms with Gasteiger partial charge in [-0.3, -0.25) is 0 Å². The van der Waals surface area contributed by atoms with E-state index in [2.05, 4.69) is 0 Å². The monoisotopic (exact) mass is 214 g/mol. The molecule has 0 spiro atoms. The van der Waals surface area contributed by atoms with Crippen LogP contribution in [0, 0.1) is 0 Å². The first-order chi connectivity index (χ1) is 6.65. The van der Waals surface area contributed by atoms with Gasteiger partial charge in [0.2, 0.25) is 0 Å². The minimum Gasteiger partial charge on any atom is -0.473 e. The largest absolute Gasteiger partial charge is 0.473 e. The number of fused-ring (bicyclic) bond motifs is 1. The number of rotatable bonds is 1. The first kappa shape index (κ1) is 9.49. The second-order valence-corrected chi connectivity index (χ2v) is 4.10. The van der Waals surface area contributed by atoms with Gasteiger partial charge in [0, 0.05) is 6.42 Å². The number of nitrogens with zero attached hydrogens (tertiary/aromatic N) is 1.